The molecule has 1 fully saturated rings. The lowest BCUT2D eigenvalue weighted by Gasteiger charge is -2.24. The number of nitrogens with zero attached hydrogens (tertiary/aromatic N) is 3. The highest BCUT2D eigenvalue weighted by Crippen LogP contribution is 2.24. The Bertz CT molecular complexity index is 659. The second-order valence-corrected chi connectivity index (χ2v) is 6.85. The molecule has 1 unspecified atom stereocenters. The Hall–Kier alpha value is -2.06. The Kier molecular flexibility index (Phi) is 5.37. The van der Waals surface area contributed by atoms with Gasteiger partial charge in [-0.25, -0.2) is 9.80 Å². The minimum absolute atomic E-state index is 0.0618. The Morgan fingerprint density at radius 1 is 1.29 bits per heavy atom. The van der Waals surface area contributed by atoms with E-state index in [1.807, 2.05) is 12.1 Å². The minimum atomic E-state index is -0.159. The number of nitrogens with one attached hydrogen (secondary N) is 1. The highest BCUT2D eigenvalue weighted by atomic mass is 35.5. The Labute approximate surface area is 147 Å². The lowest BCUT2D eigenvalue weighted by Crippen LogP contribution is -2.43. The number of hydrogen-bond donors (Lipinski definition) is 1. The van der Waals surface area contributed by atoms with Crippen molar-refractivity contribution in [3.63, 3.8) is 0 Å². The first-order valence-corrected chi connectivity index (χ1v) is 8.84. The summed E-state index contributed by atoms with van der Waals surface area (Å²) >= 11 is 5.94. The molecular formula is C18H21ClN4O. The van der Waals surface area contributed by atoms with Crippen molar-refractivity contribution in [1.29, 1.82) is 5.26 Å². The number of carbonyl (C=O) groups excluding carboxylic acids is 1. The van der Waals surface area contributed by atoms with E-state index >= 15 is 0 Å². The van der Waals surface area contributed by atoms with Gasteiger partial charge in [-0.2, -0.15) is 10.4 Å². The number of benzene rings is 1. The average Bonchev–Trinajstić information content (AvgIpc) is 3.01. The van der Waals surface area contributed by atoms with E-state index in [0.717, 1.165) is 24.1 Å². The van der Waals surface area contributed by atoms with Crippen LogP contribution in [0, 0.1) is 17.2 Å². The Balaban J connectivity index is 1.73. The Morgan fingerprint density at radius 2 is 2.00 bits per heavy atom. The van der Waals surface area contributed by atoms with Gasteiger partial charge in [0.25, 0.3) is 0 Å². The number of hydrogen-bond acceptors (Lipinski definition) is 3. The second-order valence-electron chi connectivity index (χ2n) is 6.42. The molecule has 0 spiro atoms. The molecule has 1 N–H and O–H groups in total. The zero-order valence-corrected chi connectivity index (χ0v) is 14.3. The maximum Gasteiger partial charge on any atom is 0.338 e. The second kappa shape index (κ2) is 7.67. The van der Waals surface area contributed by atoms with E-state index in [1.54, 1.807) is 12.1 Å². The van der Waals surface area contributed by atoms with Crippen LogP contribution in [0.5, 0.6) is 0 Å². The zero-order valence-electron chi connectivity index (χ0n) is 13.5. The fourth-order valence-electron chi connectivity index (χ4n) is 3.36. The molecule has 1 aliphatic carbocycles. The molecule has 5 nitrogen and oxygen atoms in total. The van der Waals surface area contributed by atoms with Gasteiger partial charge in [-0.1, -0.05) is 43.0 Å². The maximum absolute atomic E-state index is 12.5. The molecule has 3 rings (SSSR count). The number of urea groups is 1. The summed E-state index contributed by atoms with van der Waals surface area (Å²) in [4.78, 5) is 12.5. The first kappa shape index (κ1) is 16.8. The van der Waals surface area contributed by atoms with E-state index in [9.17, 15) is 4.79 Å². The van der Waals surface area contributed by atoms with Crippen LogP contribution in [0.1, 0.15) is 44.1 Å². The van der Waals surface area contributed by atoms with Crippen LogP contribution < -0.4 is 5.32 Å². The third-order valence-corrected chi connectivity index (χ3v) is 4.91. The largest absolute Gasteiger partial charge is 0.338 e. The van der Waals surface area contributed by atoms with Crippen LogP contribution in [0.3, 0.4) is 0 Å². The number of carbonyl (C=O) groups is 1. The monoisotopic (exact) mass is 344 g/mol. The van der Waals surface area contributed by atoms with Gasteiger partial charge < -0.3 is 5.32 Å². The van der Waals surface area contributed by atoms with Crippen LogP contribution in [0.25, 0.3) is 0 Å². The van der Waals surface area contributed by atoms with Crippen molar-refractivity contribution >= 4 is 23.3 Å². The average molecular weight is 345 g/mol. The zero-order chi connectivity index (χ0) is 16.9. The van der Waals surface area contributed by atoms with Crippen molar-refractivity contribution in [1.82, 2.24) is 10.3 Å². The lowest BCUT2D eigenvalue weighted by molar-refractivity contribution is 0.194. The van der Waals surface area contributed by atoms with E-state index in [1.165, 1.54) is 24.3 Å². The summed E-state index contributed by atoms with van der Waals surface area (Å²) in [6.07, 6.45) is 6.00. The van der Waals surface area contributed by atoms with Gasteiger partial charge in [0.2, 0.25) is 0 Å². The quantitative estimate of drug-likeness (QED) is 0.902. The van der Waals surface area contributed by atoms with Crippen LogP contribution in [-0.2, 0) is 0 Å². The molecule has 1 atom stereocenters. The highest BCUT2D eigenvalue weighted by Gasteiger charge is 2.31. The number of rotatable bonds is 3. The molecule has 126 valence electrons. The number of halogens is 1. The van der Waals surface area contributed by atoms with Gasteiger partial charge in [0.1, 0.15) is 0 Å². The van der Waals surface area contributed by atoms with Crippen LogP contribution in [-0.4, -0.2) is 29.3 Å². The molecular weight excluding hydrogens is 324 g/mol. The highest BCUT2D eigenvalue weighted by molar-refractivity contribution is 6.30. The fraction of sp³-hybridized carbons (Fsp3) is 0.500. The van der Waals surface area contributed by atoms with Crippen molar-refractivity contribution < 1.29 is 4.79 Å². The molecule has 2 amide bonds. The molecule has 1 heterocycles. The molecule has 1 aliphatic heterocycles. The molecule has 0 aromatic heterocycles. The fourth-order valence-corrected chi connectivity index (χ4v) is 3.48. The summed E-state index contributed by atoms with van der Waals surface area (Å²) in [5, 5.41) is 18.8. The summed E-state index contributed by atoms with van der Waals surface area (Å²) < 4.78 is 0. The SMILES string of the molecule is N#CCC1CN(C(=O)NC2CCCCC2)N=C1c1ccc(Cl)cc1. The molecule has 0 bridgehead atoms. The molecule has 0 saturated heterocycles. The van der Waals surface area contributed by atoms with Crippen molar-refractivity contribution in [2.75, 3.05) is 6.54 Å². The van der Waals surface area contributed by atoms with Crippen LogP contribution in [0.2, 0.25) is 5.02 Å². The van der Waals surface area contributed by atoms with E-state index in [2.05, 4.69) is 16.5 Å². The molecule has 6 heteroatoms. The van der Waals surface area contributed by atoms with Crippen LogP contribution >= 0.6 is 11.6 Å². The number of hydrazone groups is 1. The van der Waals surface area contributed by atoms with Gasteiger partial charge in [0.05, 0.1) is 18.3 Å². The summed E-state index contributed by atoms with van der Waals surface area (Å²) in [5.41, 5.74) is 1.69. The lowest BCUT2D eigenvalue weighted by atomic mass is 9.95. The normalized spacial score (nSPS) is 21.2. The number of nitriles is 1. The standard InChI is InChI=1S/C18H21ClN4O/c19-15-8-6-13(7-9-15)17-14(10-11-20)12-23(22-17)18(24)21-16-4-2-1-3-5-16/h6-9,14,16H,1-5,10,12H2,(H,21,24). The molecule has 1 aromatic carbocycles. The van der Waals surface area contributed by atoms with Crippen molar-refractivity contribution in [2.24, 2.45) is 11.0 Å². The van der Waals surface area contributed by atoms with Gasteiger partial charge in [-0.3, -0.25) is 0 Å². The molecule has 24 heavy (non-hydrogen) atoms. The summed E-state index contributed by atoms with van der Waals surface area (Å²) in [6.45, 7) is 0.448. The topological polar surface area (TPSA) is 68.5 Å². The van der Waals surface area contributed by atoms with E-state index in [0.29, 0.717) is 18.0 Å². The molecule has 1 aromatic rings. The van der Waals surface area contributed by atoms with Gasteiger partial charge in [0, 0.05) is 23.4 Å². The van der Waals surface area contributed by atoms with E-state index < -0.39 is 0 Å². The van der Waals surface area contributed by atoms with E-state index in [4.69, 9.17) is 16.9 Å². The summed E-state index contributed by atoms with van der Waals surface area (Å²) in [7, 11) is 0. The van der Waals surface area contributed by atoms with Gasteiger partial charge in [-0.15, -0.1) is 0 Å². The first-order valence-electron chi connectivity index (χ1n) is 8.47. The van der Waals surface area contributed by atoms with Gasteiger partial charge in [0.15, 0.2) is 0 Å². The van der Waals surface area contributed by atoms with Crippen LogP contribution in [0.4, 0.5) is 4.79 Å². The predicted octanol–water partition coefficient (Wildman–Crippen LogP) is 3.93. The summed E-state index contributed by atoms with van der Waals surface area (Å²) in [5.74, 6) is -0.0618. The summed E-state index contributed by atoms with van der Waals surface area (Å²) in [6, 6.07) is 9.65. The third kappa shape index (κ3) is 3.88. The molecule has 0 radical (unpaired) electrons. The van der Waals surface area contributed by atoms with E-state index in [-0.39, 0.29) is 18.0 Å². The Morgan fingerprint density at radius 3 is 2.67 bits per heavy atom. The van der Waals surface area contributed by atoms with Gasteiger partial charge >= 0.3 is 6.03 Å². The van der Waals surface area contributed by atoms with Crippen molar-refractivity contribution in [3.8, 4) is 6.07 Å². The van der Waals surface area contributed by atoms with Crippen molar-refractivity contribution in [3.05, 3.63) is 34.9 Å². The maximum atomic E-state index is 12.5. The third-order valence-electron chi connectivity index (χ3n) is 4.65. The molecule has 1 saturated carbocycles. The number of amides is 2. The minimum Gasteiger partial charge on any atom is -0.334 e. The van der Waals surface area contributed by atoms with Crippen molar-refractivity contribution in [2.45, 2.75) is 44.6 Å². The van der Waals surface area contributed by atoms with Crippen LogP contribution in [0.15, 0.2) is 29.4 Å². The molecule has 2 aliphatic rings. The smallest absolute Gasteiger partial charge is 0.334 e. The first-order chi connectivity index (χ1) is 11.7. The predicted molar refractivity (Wildman–Crippen MR) is 93.8 cm³/mol. The van der Waals surface area contributed by atoms with Gasteiger partial charge in [-0.05, 0) is 30.5 Å².